The molecule has 1 aliphatic heterocycles. The summed E-state index contributed by atoms with van der Waals surface area (Å²) < 4.78 is 18.8. The molecule has 3 rings (SSSR count). The second-order valence-electron chi connectivity index (χ2n) is 7.35. The van der Waals surface area contributed by atoms with E-state index in [1.807, 2.05) is 25.2 Å². The van der Waals surface area contributed by atoms with Crippen molar-refractivity contribution >= 4 is 17.5 Å². The van der Waals surface area contributed by atoms with E-state index < -0.39 is 0 Å². The number of likely N-dealkylation sites (tertiary alicyclic amines) is 1. The number of methoxy groups -OCH3 is 1. The zero-order valence-electron chi connectivity index (χ0n) is 16.3. The Kier molecular flexibility index (Phi) is 6.92. The van der Waals surface area contributed by atoms with Gasteiger partial charge in [-0.3, -0.25) is 9.69 Å². The first-order valence-corrected chi connectivity index (χ1v) is 9.88. The number of piperidine rings is 1. The molecule has 0 radical (unpaired) electrons. The minimum Gasteiger partial charge on any atom is -0.496 e. The Bertz CT molecular complexity index is 830. The van der Waals surface area contributed by atoms with Gasteiger partial charge < -0.3 is 9.64 Å². The van der Waals surface area contributed by atoms with E-state index in [1.165, 1.54) is 6.07 Å². The number of carbonyl (C=O) groups is 1. The number of hydrogen-bond donors (Lipinski definition) is 0. The second kappa shape index (κ2) is 9.39. The summed E-state index contributed by atoms with van der Waals surface area (Å²) in [4.78, 5) is 17.0. The molecule has 6 heteroatoms. The molecule has 1 amide bonds. The van der Waals surface area contributed by atoms with Crippen LogP contribution in [-0.4, -0.2) is 43.0 Å². The Hall–Kier alpha value is -2.11. The summed E-state index contributed by atoms with van der Waals surface area (Å²) in [7, 11) is 3.42. The molecule has 0 N–H and O–H groups in total. The van der Waals surface area contributed by atoms with Crippen molar-refractivity contribution in [2.75, 3.05) is 27.2 Å². The quantitative estimate of drug-likeness (QED) is 0.717. The first-order valence-electron chi connectivity index (χ1n) is 9.50. The van der Waals surface area contributed by atoms with E-state index in [-0.39, 0.29) is 17.6 Å². The van der Waals surface area contributed by atoms with Gasteiger partial charge >= 0.3 is 0 Å². The summed E-state index contributed by atoms with van der Waals surface area (Å²) in [6, 6.07) is 12.1. The highest BCUT2D eigenvalue weighted by molar-refractivity contribution is 6.30. The second-order valence-corrected chi connectivity index (χ2v) is 7.79. The van der Waals surface area contributed by atoms with E-state index in [1.54, 1.807) is 30.2 Å². The maximum Gasteiger partial charge on any atom is 0.227 e. The maximum absolute atomic E-state index is 13.4. The van der Waals surface area contributed by atoms with Crippen molar-refractivity contribution in [2.24, 2.45) is 5.92 Å². The summed E-state index contributed by atoms with van der Waals surface area (Å²) in [5, 5.41) is 0.621. The Morgan fingerprint density at radius 2 is 2.14 bits per heavy atom. The summed E-state index contributed by atoms with van der Waals surface area (Å²) in [6.07, 6.45) is 1.83. The van der Waals surface area contributed by atoms with Gasteiger partial charge in [0.2, 0.25) is 5.91 Å². The van der Waals surface area contributed by atoms with Crippen LogP contribution in [-0.2, 0) is 17.9 Å². The van der Waals surface area contributed by atoms with Gasteiger partial charge in [0.15, 0.2) is 0 Å². The van der Waals surface area contributed by atoms with Gasteiger partial charge in [0.1, 0.15) is 11.6 Å². The largest absolute Gasteiger partial charge is 0.496 e. The number of rotatable bonds is 6. The van der Waals surface area contributed by atoms with E-state index in [0.29, 0.717) is 24.7 Å². The molecule has 0 spiro atoms. The summed E-state index contributed by atoms with van der Waals surface area (Å²) in [5.41, 5.74) is 1.82. The standard InChI is InChI=1S/C22H26ClFN2O2/c1-25(14-18-12-19(23)8-9-21(18)28-2)22(27)17-6-4-10-26(15-17)13-16-5-3-7-20(24)11-16/h3,5,7-9,11-12,17H,4,6,10,13-15H2,1-2H3. The molecule has 2 aromatic carbocycles. The van der Waals surface area contributed by atoms with Crippen LogP contribution in [0.2, 0.25) is 5.02 Å². The van der Waals surface area contributed by atoms with Crippen molar-refractivity contribution in [3.63, 3.8) is 0 Å². The van der Waals surface area contributed by atoms with E-state index in [4.69, 9.17) is 16.3 Å². The number of carbonyl (C=O) groups excluding carboxylic acids is 1. The van der Waals surface area contributed by atoms with Crippen LogP contribution in [0.15, 0.2) is 42.5 Å². The van der Waals surface area contributed by atoms with Crippen molar-refractivity contribution in [1.29, 1.82) is 0 Å². The van der Waals surface area contributed by atoms with Gasteiger partial charge in [-0.15, -0.1) is 0 Å². The van der Waals surface area contributed by atoms with Gasteiger partial charge in [0.25, 0.3) is 0 Å². The highest BCUT2D eigenvalue weighted by Crippen LogP contribution is 2.26. The number of benzene rings is 2. The fourth-order valence-electron chi connectivity index (χ4n) is 3.81. The Balaban J connectivity index is 1.62. The third-order valence-corrected chi connectivity index (χ3v) is 5.41. The number of hydrogen-bond acceptors (Lipinski definition) is 3. The first kappa shape index (κ1) is 20.6. The highest BCUT2D eigenvalue weighted by atomic mass is 35.5. The minimum atomic E-state index is -0.225. The van der Waals surface area contributed by atoms with Crippen molar-refractivity contribution in [2.45, 2.75) is 25.9 Å². The molecule has 1 heterocycles. The van der Waals surface area contributed by atoms with Gasteiger partial charge in [-0.25, -0.2) is 4.39 Å². The summed E-state index contributed by atoms with van der Waals surface area (Å²) >= 11 is 6.10. The van der Waals surface area contributed by atoms with Gasteiger partial charge in [-0.05, 0) is 55.3 Å². The molecule has 1 aliphatic rings. The molecule has 0 bridgehead atoms. The predicted octanol–water partition coefficient (Wildman–Crippen LogP) is 4.36. The fourth-order valence-corrected chi connectivity index (χ4v) is 4.00. The smallest absolute Gasteiger partial charge is 0.227 e. The summed E-state index contributed by atoms with van der Waals surface area (Å²) in [6.45, 7) is 2.72. The van der Waals surface area contributed by atoms with E-state index in [0.717, 1.165) is 36.3 Å². The molecule has 1 unspecified atom stereocenters. The molecule has 0 aliphatic carbocycles. The molecule has 150 valence electrons. The lowest BCUT2D eigenvalue weighted by Crippen LogP contribution is -2.43. The molecule has 1 atom stereocenters. The lowest BCUT2D eigenvalue weighted by atomic mass is 9.96. The van der Waals surface area contributed by atoms with E-state index >= 15 is 0 Å². The lowest BCUT2D eigenvalue weighted by molar-refractivity contribution is -0.136. The van der Waals surface area contributed by atoms with Crippen molar-refractivity contribution < 1.29 is 13.9 Å². The number of amides is 1. The third-order valence-electron chi connectivity index (χ3n) is 5.18. The van der Waals surface area contributed by atoms with Crippen LogP contribution in [0.5, 0.6) is 5.75 Å². The highest BCUT2D eigenvalue weighted by Gasteiger charge is 2.28. The van der Waals surface area contributed by atoms with Crippen LogP contribution in [0.1, 0.15) is 24.0 Å². The van der Waals surface area contributed by atoms with Gasteiger partial charge in [-0.1, -0.05) is 23.7 Å². The Morgan fingerprint density at radius 3 is 2.89 bits per heavy atom. The molecule has 4 nitrogen and oxygen atoms in total. The van der Waals surface area contributed by atoms with Crippen LogP contribution in [0.25, 0.3) is 0 Å². The monoisotopic (exact) mass is 404 g/mol. The molecule has 1 saturated heterocycles. The number of nitrogens with zero attached hydrogens (tertiary/aromatic N) is 2. The third kappa shape index (κ3) is 5.24. The average molecular weight is 405 g/mol. The van der Waals surface area contributed by atoms with Crippen LogP contribution in [0, 0.1) is 11.7 Å². The summed E-state index contributed by atoms with van der Waals surface area (Å²) in [5.74, 6) is 0.557. The van der Waals surface area contributed by atoms with Gasteiger partial charge in [-0.2, -0.15) is 0 Å². The van der Waals surface area contributed by atoms with Crippen LogP contribution in [0.4, 0.5) is 4.39 Å². The van der Waals surface area contributed by atoms with Crippen LogP contribution in [0.3, 0.4) is 0 Å². The van der Waals surface area contributed by atoms with E-state index in [9.17, 15) is 9.18 Å². The van der Waals surface area contributed by atoms with Crippen molar-refractivity contribution in [3.05, 3.63) is 64.4 Å². The molecular formula is C22H26ClFN2O2. The van der Waals surface area contributed by atoms with E-state index in [2.05, 4.69) is 4.90 Å². The first-order chi connectivity index (χ1) is 13.5. The van der Waals surface area contributed by atoms with Crippen molar-refractivity contribution in [3.8, 4) is 5.75 Å². The average Bonchev–Trinajstić information content (AvgIpc) is 2.68. The molecule has 0 saturated carbocycles. The maximum atomic E-state index is 13.4. The minimum absolute atomic E-state index is 0.0579. The SMILES string of the molecule is COc1ccc(Cl)cc1CN(C)C(=O)C1CCCN(Cc2cccc(F)c2)C1. The zero-order chi connectivity index (χ0) is 20.1. The number of halogens is 2. The fraction of sp³-hybridized carbons (Fsp3) is 0.409. The number of ether oxygens (including phenoxy) is 1. The molecule has 0 aromatic heterocycles. The lowest BCUT2D eigenvalue weighted by Gasteiger charge is -2.34. The topological polar surface area (TPSA) is 32.8 Å². The Morgan fingerprint density at radius 1 is 1.32 bits per heavy atom. The van der Waals surface area contributed by atoms with Gasteiger partial charge in [0, 0.05) is 37.3 Å². The molecule has 1 fully saturated rings. The van der Waals surface area contributed by atoms with Crippen molar-refractivity contribution in [1.82, 2.24) is 9.80 Å². The van der Waals surface area contributed by atoms with Gasteiger partial charge in [0.05, 0.1) is 13.0 Å². The molecular weight excluding hydrogens is 379 g/mol. The normalized spacial score (nSPS) is 17.4. The Labute approximate surface area is 170 Å². The molecule has 28 heavy (non-hydrogen) atoms. The molecule has 2 aromatic rings. The zero-order valence-corrected chi connectivity index (χ0v) is 17.1. The van der Waals surface area contributed by atoms with Crippen LogP contribution >= 0.6 is 11.6 Å². The van der Waals surface area contributed by atoms with Crippen LogP contribution < -0.4 is 4.74 Å². The predicted molar refractivity (Wildman–Crippen MR) is 109 cm³/mol.